The number of carbonyl (C=O) groups excluding carboxylic acids is 1. The van der Waals surface area contributed by atoms with Gasteiger partial charge < -0.3 is 9.64 Å². The van der Waals surface area contributed by atoms with Gasteiger partial charge in [0.2, 0.25) is 0 Å². The average molecular weight is 446 g/mol. The van der Waals surface area contributed by atoms with Gasteiger partial charge >= 0.3 is 0 Å². The molecule has 2 heterocycles. The van der Waals surface area contributed by atoms with Crippen LogP contribution in [0.15, 0.2) is 42.5 Å². The fourth-order valence-corrected chi connectivity index (χ4v) is 4.54. The van der Waals surface area contributed by atoms with Crippen molar-refractivity contribution in [3.63, 3.8) is 0 Å². The molecule has 0 aliphatic heterocycles. The van der Waals surface area contributed by atoms with E-state index in [9.17, 15) is 4.79 Å². The molecule has 0 atom stereocenters. The van der Waals surface area contributed by atoms with Crippen LogP contribution in [0.4, 0.5) is 0 Å². The van der Waals surface area contributed by atoms with E-state index in [4.69, 9.17) is 27.9 Å². The van der Waals surface area contributed by atoms with E-state index in [1.807, 2.05) is 43.3 Å². The Hall–Kier alpha value is -2.41. The second-order valence-electron chi connectivity index (χ2n) is 6.63. The number of halogens is 2. The normalized spacial score (nSPS) is 11.2. The van der Waals surface area contributed by atoms with Gasteiger partial charge in [0.25, 0.3) is 5.91 Å². The van der Waals surface area contributed by atoms with Crippen LogP contribution in [0.25, 0.3) is 21.1 Å². The van der Waals surface area contributed by atoms with Gasteiger partial charge in [-0.05, 0) is 37.3 Å². The maximum Gasteiger partial charge on any atom is 0.260 e. The second kappa shape index (κ2) is 8.14. The van der Waals surface area contributed by atoms with Crippen molar-refractivity contribution in [2.24, 2.45) is 0 Å². The fourth-order valence-electron chi connectivity index (χ4n) is 2.95. The van der Waals surface area contributed by atoms with E-state index in [0.29, 0.717) is 27.9 Å². The molecular weight excluding hydrogens is 429 g/mol. The molecule has 2 aromatic heterocycles. The van der Waals surface area contributed by atoms with E-state index in [2.05, 4.69) is 9.97 Å². The smallest absolute Gasteiger partial charge is 0.260 e. The Labute approximate surface area is 181 Å². The number of hydrogen-bond acceptors (Lipinski definition) is 5. The summed E-state index contributed by atoms with van der Waals surface area (Å²) in [4.78, 5) is 23.2. The van der Waals surface area contributed by atoms with Crippen molar-refractivity contribution in [2.75, 3.05) is 13.7 Å². The molecule has 0 N–H and O–H groups in total. The van der Waals surface area contributed by atoms with Crippen LogP contribution >= 0.6 is 34.5 Å². The van der Waals surface area contributed by atoms with Gasteiger partial charge in [0.1, 0.15) is 10.5 Å². The Morgan fingerprint density at radius 1 is 1.14 bits per heavy atom. The number of amides is 1. The molecule has 0 unspecified atom stereocenters. The molecule has 5 nitrogen and oxygen atoms in total. The van der Waals surface area contributed by atoms with E-state index < -0.39 is 0 Å². The molecule has 0 fully saturated rings. The molecule has 29 heavy (non-hydrogen) atoms. The average Bonchev–Trinajstić information content (AvgIpc) is 3.09. The third kappa shape index (κ3) is 4.15. The summed E-state index contributed by atoms with van der Waals surface area (Å²) in [5, 5.41) is 2.41. The Kier molecular flexibility index (Phi) is 5.58. The highest BCUT2D eigenvalue weighted by Gasteiger charge is 2.17. The van der Waals surface area contributed by atoms with Crippen LogP contribution in [-0.2, 0) is 11.3 Å². The zero-order valence-electron chi connectivity index (χ0n) is 15.8. The summed E-state index contributed by atoms with van der Waals surface area (Å²) in [6.07, 6.45) is 0. The number of hydrogen-bond donors (Lipinski definition) is 0. The molecule has 0 spiro atoms. The van der Waals surface area contributed by atoms with Gasteiger partial charge in [-0.2, -0.15) is 0 Å². The van der Waals surface area contributed by atoms with E-state index in [-0.39, 0.29) is 12.5 Å². The first-order chi connectivity index (χ1) is 13.9. The molecule has 0 aliphatic rings. The fraction of sp³-hybridized carbons (Fsp3) is 0.190. The lowest BCUT2D eigenvalue weighted by molar-refractivity contribution is -0.132. The zero-order chi connectivity index (χ0) is 20.5. The predicted octanol–water partition coefficient (Wildman–Crippen LogP) is 5.50. The summed E-state index contributed by atoms with van der Waals surface area (Å²) in [6, 6.07) is 13.2. The number of thiazole rings is 1. The number of aryl methyl sites for hydroxylation is 1. The van der Waals surface area contributed by atoms with Crippen LogP contribution < -0.4 is 4.74 Å². The summed E-state index contributed by atoms with van der Waals surface area (Å²) < 4.78 is 6.88. The van der Waals surface area contributed by atoms with Crippen molar-refractivity contribution in [3.8, 4) is 5.75 Å². The molecule has 4 rings (SSSR count). The number of aromatic nitrogens is 2. The first kappa shape index (κ1) is 19.9. The van der Waals surface area contributed by atoms with Gasteiger partial charge in [0.05, 0.1) is 26.8 Å². The van der Waals surface area contributed by atoms with Crippen LogP contribution in [0, 0.1) is 6.92 Å². The van der Waals surface area contributed by atoms with Crippen molar-refractivity contribution >= 4 is 61.6 Å². The van der Waals surface area contributed by atoms with E-state index >= 15 is 0 Å². The standard InChI is InChI=1S/C21H17Cl2N3O2S/c1-12-7-8-13-14(22)9-15(23)21(20(13)24-12)28-11-19(27)26(2)10-18-25-16-5-3-4-6-17(16)29-18/h3-9H,10-11H2,1-2H3. The van der Waals surface area contributed by atoms with Crippen LogP contribution in [0.1, 0.15) is 10.7 Å². The number of carbonyl (C=O) groups is 1. The van der Waals surface area contributed by atoms with Crippen molar-refractivity contribution in [3.05, 3.63) is 63.2 Å². The quantitative estimate of drug-likeness (QED) is 0.407. The monoisotopic (exact) mass is 445 g/mol. The number of para-hydroxylation sites is 1. The molecule has 8 heteroatoms. The third-order valence-corrected chi connectivity index (χ3v) is 6.07. The first-order valence-corrected chi connectivity index (χ1v) is 10.5. The zero-order valence-corrected chi connectivity index (χ0v) is 18.1. The summed E-state index contributed by atoms with van der Waals surface area (Å²) >= 11 is 14.2. The maximum absolute atomic E-state index is 12.6. The highest BCUT2D eigenvalue weighted by atomic mass is 35.5. The first-order valence-electron chi connectivity index (χ1n) is 8.89. The lowest BCUT2D eigenvalue weighted by atomic mass is 10.2. The van der Waals surface area contributed by atoms with Crippen molar-refractivity contribution in [1.82, 2.24) is 14.9 Å². The molecule has 2 aromatic carbocycles. The minimum Gasteiger partial charge on any atom is -0.480 e. The topological polar surface area (TPSA) is 55.3 Å². The molecule has 0 bridgehead atoms. The van der Waals surface area contributed by atoms with E-state index in [1.165, 1.54) is 0 Å². The minimum absolute atomic E-state index is 0.159. The SMILES string of the molecule is Cc1ccc2c(Cl)cc(Cl)c(OCC(=O)N(C)Cc3nc4ccccc4s3)c2n1. The molecule has 0 aliphatic carbocycles. The highest BCUT2D eigenvalue weighted by Crippen LogP contribution is 2.37. The second-order valence-corrected chi connectivity index (χ2v) is 8.56. The summed E-state index contributed by atoms with van der Waals surface area (Å²) in [6.45, 7) is 2.12. The number of nitrogens with zero attached hydrogens (tertiary/aromatic N) is 3. The maximum atomic E-state index is 12.6. The van der Waals surface area contributed by atoms with Gasteiger partial charge in [-0.3, -0.25) is 4.79 Å². The van der Waals surface area contributed by atoms with Crippen LogP contribution in [0.2, 0.25) is 10.0 Å². The number of benzene rings is 2. The minimum atomic E-state index is -0.184. The van der Waals surface area contributed by atoms with E-state index in [0.717, 1.165) is 26.3 Å². The van der Waals surface area contributed by atoms with Crippen molar-refractivity contribution in [2.45, 2.75) is 13.5 Å². The molecule has 4 aromatic rings. The van der Waals surface area contributed by atoms with Crippen LogP contribution in [0.5, 0.6) is 5.75 Å². The summed E-state index contributed by atoms with van der Waals surface area (Å²) in [7, 11) is 1.72. The molecule has 0 radical (unpaired) electrons. The Bertz CT molecular complexity index is 1190. The number of ether oxygens (including phenoxy) is 1. The number of likely N-dealkylation sites (N-methyl/N-ethyl adjacent to an activating group) is 1. The van der Waals surface area contributed by atoms with Gasteiger partial charge in [0.15, 0.2) is 12.4 Å². The number of rotatable bonds is 5. The molecule has 0 saturated heterocycles. The van der Waals surface area contributed by atoms with Crippen LogP contribution in [-0.4, -0.2) is 34.4 Å². The highest BCUT2D eigenvalue weighted by molar-refractivity contribution is 7.18. The van der Waals surface area contributed by atoms with E-state index in [1.54, 1.807) is 29.4 Å². The summed E-state index contributed by atoms with van der Waals surface area (Å²) in [5.74, 6) is 0.174. The van der Waals surface area contributed by atoms with Gasteiger partial charge in [0, 0.05) is 18.1 Å². The van der Waals surface area contributed by atoms with Gasteiger partial charge in [-0.15, -0.1) is 11.3 Å². The lowest BCUT2D eigenvalue weighted by Gasteiger charge is -2.17. The number of pyridine rings is 1. The molecule has 1 amide bonds. The van der Waals surface area contributed by atoms with Crippen molar-refractivity contribution in [1.29, 1.82) is 0 Å². The molecular formula is C21H17Cl2N3O2S. The summed E-state index contributed by atoms with van der Waals surface area (Å²) in [5.41, 5.74) is 2.29. The largest absolute Gasteiger partial charge is 0.480 e. The Morgan fingerprint density at radius 3 is 2.72 bits per heavy atom. The van der Waals surface area contributed by atoms with Gasteiger partial charge in [-0.1, -0.05) is 35.3 Å². The third-order valence-electron chi connectivity index (χ3n) is 4.45. The Balaban J connectivity index is 1.49. The molecule has 148 valence electrons. The lowest BCUT2D eigenvalue weighted by Crippen LogP contribution is -2.31. The van der Waals surface area contributed by atoms with Gasteiger partial charge in [-0.25, -0.2) is 9.97 Å². The Morgan fingerprint density at radius 2 is 1.93 bits per heavy atom. The molecule has 0 saturated carbocycles. The number of fused-ring (bicyclic) bond motifs is 2. The van der Waals surface area contributed by atoms with Crippen LogP contribution in [0.3, 0.4) is 0 Å². The predicted molar refractivity (Wildman–Crippen MR) is 118 cm³/mol. The van der Waals surface area contributed by atoms with Crippen molar-refractivity contribution < 1.29 is 9.53 Å².